The minimum Gasteiger partial charge on any atom is -0.465 e. The molecular weight excluding hydrogens is 438 g/mol. The van der Waals surface area contributed by atoms with E-state index in [9.17, 15) is 14.4 Å². The van der Waals surface area contributed by atoms with Crippen molar-refractivity contribution in [1.29, 1.82) is 0 Å². The maximum Gasteiger partial charge on any atom is 0.337 e. The van der Waals surface area contributed by atoms with Crippen molar-refractivity contribution in [2.24, 2.45) is 23.7 Å². The molecule has 5 nitrogen and oxygen atoms in total. The fraction of sp³-hybridized carbons (Fsp3) is 0.167. The third-order valence-corrected chi connectivity index (χ3v) is 7.38. The number of methoxy groups -OCH3 is 1. The lowest BCUT2D eigenvalue weighted by Crippen LogP contribution is -2.33. The van der Waals surface area contributed by atoms with Gasteiger partial charge >= 0.3 is 5.97 Å². The quantitative estimate of drug-likeness (QED) is 0.315. The molecule has 3 aliphatic rings. The Morgan fingerprint density at radius 3 is 1.63 bits per heavy atom. The number of amides is 2. The average Bonchev–Trinajstić information content (AvgIpc) is 3.54. The van der Waals surface area contributed by atoms with Gasteiger partial charge in [0.2, 0.25) is 11.8 Å². The number of carbonyl (C=O) groups excluding carboxylic acids is 3. The van der Waals surface area contributed by atoms with Gasteiger partial charge in [0.05, 0.1) is 30.2 Å². The summed E-state index contributed by atoms with van der Waals surface area (Å²) in [6.45, 7) is 0. The van der Waals surface area contributed by atoms with Gasteiger partial charge in [0.25, 0.3) is 0 Å². The van der Waals surface area contributed by atoms with Gasteiger partial charge in [-0.15, -0.1) is 0 Å². The van der Waals surface area contributed by atoms with Crippen molar-refractivity contribution in [2.45, 2.75) is 0 Å². The molecular formula is C30H23NO4. The van der Waals surface area contributed by atoms with Crippen LogP contribution in [-0.4, -0.2) is 24.9 Å². The SMILES string of the molecule is COC(=O)c1ccc(N2C(=O)[C@@H]3[C@@H](C2=O)[C@@H]2C=C[C@@H]3C2=C(c2ccccc2)c2ccccc2)cc1. The lowest BCUT2D eigenvalue weighted by Gasteiger charge is -2.21. The monoisotopic (exact) mass is 461 g/mol. The predicted molar refractivity (Wildman–Crippen MR) is 132 cm³/mol. The van der Waals surface area contributed by atoms with E-state index in [1.807, 2.05) is 36.4 Å². The van der Waals surface area contributed by atoms with Crippen LogP contribution in [0.1, 0.15) is 21.5 Å². The average molecular weight is 462 g/mol. The first kappa shape index (κ1) is 21.3. The summed E-state index contributed by atoms with van der Waals surface area (Å²) >= 11 is 0. The number of benzene rings is 3. The van der Waals surface area contributed by atoms with Crippen molar-refractivity contribution >= 4 is 29.0 Å². The molecule has 172 valence electrons. The summed E-state index contributed by atoms with van der Waals surface area (Å²) in [5.41, 5.74) is 5.29. The number of imide groups is 1. The van der Waals surface area contributed by atoms with Crippen molar-refractivity contribution in [3.8, 4) is 0 Å². The number of nitrogens with zero attached hydrogens (tertiary/aromatic N) is 1. The van der Waals surface area contributed by atoms with Gasteiger partial charge in [-0.05, 0) is 46.5 Å². The number of carbonyl (C=O) groups is 3. The Labute approximate surface area is 203 Å². The number of anilines is 1. The summed E-state index contributed by atoms with van der Waals surface area (Å²) in [7, 11) is 1.32. The van der Waals surface area contributed by atoms with Crippen LogP contribution < -0.4 is 4.90 Å². The minimum atomic E-state index is -0.459. The molecule has 1 aliphatic heterocycles. The van der Waals surface area contributed by atoms with Crippen LogP contribution in [0.15, 0.2) is 103 Å². The summed E-state index contributed by atoms with van der Waals surface area (Å²) in [5, 5.41) is 0. The second-order valence-corrected chi connectivity index (χ2v) is 9.10. The Morgan fingerprint density at radius 1 is 0.686 bits per heavy atom. The Morgan fingerprint density at radius 2 is 1.17 bits per heavy atom. The van der Waals surface area contributed by atoms with Crippen LogP contribution in [0, 0.1) is 23.7 Å². The largest absolute Gasteiger partial charge is 0.465 e. The fourth-order valence-corrected chi connectivity index (χ4v) is 5.93. The first-order valence-corrected chi connectivity index (χ1v) is 11.7. The molecule has 2 aliphatic carbocycles. The van der Waals surface area contributed by atoms with Crippen LogP contribution in [-0.2, 0) is 14.3 Å². The maximum absolute atomic E-state index is 13.7. The number of rotatable bonds is 4. The van der Waals surface area contributed by atoms with E-state index in [-0.39, 0.29) is 23.7 Å². The molecule has 0 N–H and O–H groups in total. The molecule has 3 aromatic rings. The van der Waals surface area contributed by atoms with Gasteiger partial charge in [-0.25, -0.2) is 9.69 Å². The summed E-state index contributed by atoms with van der Waals surface area (Å²) in [4.78, 5) is 40.4. The molecule has 5 heteroatoms. The predicted octanol–water partition coefficient (Wildman–Crippen LogP) is 4.90. The second-order valence-electron chi connectivity index (χ2n) is 9.10. The molecule has 0 aromatic heterocycles. The molecule has 0 spiro atoms. The molecule has 3 aromatic carbocycles. The highest BCUT2D eigenvalue weighted by Gasteiger charge is 2.62. The van der Waals surface area contributed by atoms with Crippen molar-refractivity contribution in [1.82, 2.24) is 0 Å². The summed E-state index contributed by atoms with van der Waals surface area (Å²) in [5.74, 6) is -1.92. The molecule has 1 saturated heterocycles. The van der Waals surface area contributed by atoms with Gasteiger partial charge in [-0.3, -0.25) is 9.59 Å². The lowest BCUT2D eigenvalue weighted by molar-refractivity contribution is -0.122. The topological polar surface area (TPSA) is 63.7 Å². The summed E-state index contributed by atoms with van der Waals surface area (Å²) < 4.78 is 4.75. The van der Waals surface area contributed by atoms with E-state index < -0.39 is 17.8 Å². The zero-order valence-corrected chi connectivity index (χ0v) is 19.1. The number of ether oxygens (including phenoxy) is 1. The molecule has 1 saturated carbocycles. The van der Waals surface area contributed by atoms with Crippen LogP contribution in [0.3, 0.4) is 0 Å². The van der Waals surface area contributed by atoms with Crippen molar-refractivity contribution in [3.05, 3.63) is 119 Å². The highest BCUT2D eigenvalue weighted by atomic mass is 16.5. The lowest BCUT2D eigenvalue weighted by atomic mass is 9.85. The number of hydrogen-bond donors (Lipinski definition) is 0. The van der Waals surface area contributed by atoms with E-state index in [0.717, 1.165) is 22.3 Å². The van der Waals surface area contributed by atoms with Crippen molar-refractivity contribution in [2.75, 3.05) is 12.0 Å². The van der Waals surface area contributed by atoms with Gasteiger partial charge in [-0.1, -0.05) is 72.8 Å². The molecule has 6 rings (SSSR count). The molecule has 2 fully saturated rings. The standard InChI is InChI=1S/C30H23NO4/c1-35-30(34)20-12-14-21(15-13-20)31-28(32)26-22-16-17-23(27(26)29(31)33)25(22)24(18-8-4-2-5-9-18)19-10-6-3-7-11-19/h2-17,22-23,26-27H,1H3/t22-,23-,26+,27+/m1/s1. The van der Waals surface area contributed by atoms with E-state index in [0.29, 0.717) is 11.3 Å². The van der Waals surface area contributed by atoms with Crippen LogP contribution in [0.4, 0.5) is 5.69 Å². The maximum atomic E-state index is 13.7. The third-order valence-electron chi connectivity index (χ3n) is 7.38. The Kier molecular flexibility index (Phi) is 4.99. The molecule has 0 unspecified atom stereocenters. The molecule has 0 radical (unpaired) electrons. The van der Waals surface area contributed by atoms with E-state index in [2.05, 4.69) is 36.4 Å². The number of fused-ring (bicyclic) bond motifs is 5. The van der Waals surface area contributed by atoms with Crippen LogP contribution in [0.5, 0.6) is 0 Å². The zero-order valence-electron chi connectivity index (χ0n) is 19.1. The van der Waals surface area contributed by atoms with Gasteiger partial charge in [0, 0.05) is 11.8 Å². The van der Waals surface area contributed by atoms with Gasteiger partial charge in [0.15, 0.2) is 0 Å². The number of hydrogen-bond acceptors (Lipinski definition) is 4. The third kappa shape index (κ3) is 3.19. The van der Waals surface area contributed by atoms with Gasteiger partial charge in [-0.2, -0.15) is 0 Å². The highest BCUT2D eigenvalue weighted by molar-refractivity contribution is 6.23. The molecule has 1 heterocycles. The normalized spacial score (nSPS) is 24.1. The van der Waals surface area contributed by atoms with Gasteiger partial charge < -0.3 is 4.74 Å². The van der Waals surface area contributed by atoms with Crippen LogP contribution >= 0.6 is 0 Å². The Balaban J connectivity index is 1.42. The molecule has 4 atom stereocenters. The first-order chi connectivity index (χ1) is 17.1. The first-order valence-electron chi connectivity index (χ1n) is 11.7. The second kappa shape index (κ2) is 8.20. The fourth-order valence-electron chi connectivity index (χ4n) is 5.93. The summed E-state index contributed by atoms with van der Waals surface area (Å²) in [6, 6.07) is 26.8. The number of esters is 1. The Bertz CT molecular complexity index is 1310. The molecule has 2 amide bonds. The molecule has 35 heavy (non-hydrogen) atoms. The van der Waals surface area contributed by atoms with E-state index in [1.54, 1.807) is 24.3 Å². The smallest absolute Gasteiger partial charge is 0.337 e. The van der Waals surface area contributed by atoms with Crippen molar-refractivity contribution < 1.29 is 19.1 Å². The van der Waals surface area contributed by atoms with Gasteiger partial charge in [0.1, 0.15) is 0 Å². The van der Waals surface area contributed by atoms with E-state index in [4.69, 9.17) is 4.74 Å². The minimum absolute atomic E-state index is 0.129. The van der Waals surface area contributed by atoms with Crippen LogP contribution in [0.2, 0.25) is 0 Å². The van der Waals surface area contributed by atoms with E-state index in [1.165, 1.54) is 12.0 Å². The summed E-state index contributed by atoms with van der Waals surface area (Å²) in [6.07, 6.45) is 4.20. The zero-order chi connectivity index (χ0) is 24.1. The Hall–Kier alpha value is -4.25. The highest BCUT2D eigenvalue weighted by Crippen LogP contribution is 2.58. The van der Waals surface area contributed by atoms with E-state index >= 15 is 0 Å². The molecule has 2 bridgehead atoms. The number of allylic oxidation sites excluding steroid dienone is 3. The van der Waals surface area contributed by atoms with Crippen LogP contribution in [0.25, 0.3) is 5.57 Å². The van der Waals surface area contributed by atoms with Crippen molar-refractivity contribution in [3.63, 3.8) is 0 Å².